The SMILES string of the molecule is NC1CN(C(CC(=O)O)c2ccco2)C1. The average molecular weight is 210 g/mol. The van der Waals surface area contributed by atoms with Crippen molar-refractivity contribution in [2.45, 2.75) is 18.5 Å². The molecule has 1 fully saturated rings. The Labute approximate surface area is 87.5 Å². The van der Waals surface area contributed by atoms with Crippen LogP contribution < -0.4 is 5.73 Å². The van der Waals surface area contributed by atoms with Gasteiger partial charge in [-0.15, -0.1) is 0 Å². The molecule has 1 aliphatic rings. The number of likely N-dealkylation sites (tertiary alicyclic amines) is 1. The fraction of sp³-hybridized carbons (Fsp3) is 0.500. The van der Waals surface area contributed by atoms with Crippen molar-refractivity contribution in [3.8, 4) is 0 Å². The van der Waals surface area contributed by atoms with Crippen LogP contribution in [0.1, 0.15) is 18.2 Å². The van der Waals surface area contributed by atoms with Crippen molar-refractivity contribution in [1.29, 1.82) is 0 Å². The van der Waals surface area contributed by atoms with Crippen molar-refractivity contribution in [2.24, 2.45) is 5.73 Å². The minimum Gasteiger partial charge on any atom is -0.481 e. The number of hydrogen-bond acceptors (Lipinski definition) is 4. The molecule has 0 aliphatic carbocycles. The maximum absolute atomic E-state index is 10.7. The second kappa shape index (κ2) is 4.04. The van der Waals surface area contributed by atoms with E-state index in [4.69, 9.17) is 15.3 Å². The van der Waals surface area contributed by atoms with E-state index < -0.39 is 5.97 Å². The molecule has 5 heteroatoms. The van der Waals surface area contributed by atoms with Gasteiger partial charge >= 0.3 is 5.97 Å². The van der Waals surface area contributed by atoms with Gasteiger partial charge in [0, 0.05) is 19.1 Å². The van der Waals surface area contributed by atoms with Gasteiger partial charge in [-0.2, -0.15) is 0 Å². The number of carboxylic acids is 1. The molecule has 3 N–H and O–H groups in total. The van der Waals surface area contributed by atoms with Gasteiger partial charge < -0.3 is 15.3 Å². The number of hydrogen-bond donors (Lipinski definition) is 2. The van der Waals surface area contributed by atoms with Crippen LogP contribution in [0, 0.1) is 0 Å². The fourth-order valence-corrected chi connectivity index (χ4v) is 1.86. The predicted molar refractivity (Wildman–Crippen MR) is 53.3 cm³/mol. The third-order valence-corrected chi connectivity index (χ3v) is 2.62. The van der Waals surface area contributed by atoms with Gasteiger partial charge in [-0.05, 0) is 12.1 Å². The molecule has 1 saturated heterocycles. The second-order valence-electron chi connectivity index (χ2n) is 3.84. The first kappa shape index (κ1) is 10.2. The van der Waals surface area contributed by atoms with Crippen molar-refractivity contribution < 1.29 is 14.3 Å². The first-order valence-electron chi connectivity index (χ1n) is 4.91. The van der Waals surface area contributed by atoms with Crippen LogP contribution in [0.25, 0.3) is 0 Å². The van der Waals surface area contributed by atoms with Crippen LogP contribution in [-0.4, -0.2) is 35.1 Å². The Morgan fingerprint density at radius 2 is 2.47 bits per heavy atom. The third-order valence-electron chi connectivity index (χ3n) is 2.62. The second-order valence-corrected chi connectivity index (χ2v) is 3.84. The number of furan rings is 1. The zero-order chi connectivity index (χ0) is 10.8. The molecule has 0 spiro atoms. The average Bonchev–Trinajstić information content (AvgIpc) is 2.61. The van der Waals surface area contributed by atoms with E-state index in [0.29, 0.717) is 5.76 Å². The highest BCUT2D eigenvalue weighted by atomic mass is 16.4. The molecule has 82 valence electrons. The van der Waals surface area contributed by atoms with E-state index >= 15 is 0 Å². The molecule has 15 heavy (non-hydrogen) atoms. The van der Waals surface area contributed by atoms with Gasteiger partial charge in [-0.3, -0.25) is 9.69 Å². The number of rotatable bonds is 4. The normalized spacial score (nSPS) is 19.8. The summed E-state index contributed by atoms with van der Waals surface area (Å²) in [6.45, 7) is 1.47. The predicted octanol–water partition coefficient (Wildman–Crippen LogP) is 0.438. The quantitative estimate of drug-likeness (QED) is 0.753. The van der Waals surface area contributed by atoms with Crippen molar-refractivity contribution in [3.63, 3.8) is 0 Å². The number of nitrogens with two attached hydrogens (primary N) is 1. The summed E-state index contributed by atoms with van der Waals surface area (Å²) in [4.78, 5) is 12.8. The molecule has 0 saturated carbocycles. The van der Waals surface area contributed by atoms with Gasteiger partial charge in [-0.1, -0.05) is 0 Å². The fourth-order valence-electron chi connectivity index (χ4n) is 1.86. The summed E-state index contributed by atoms with van der Waals surface area (Å²) in [5.41, 5.74) is 5.67. The summed E-state index contributed by atoms with van der Waals surface area (Å²) in [6, 6.07) is 3.55. The van der Waals surface area contributed by atoms with Crippen molar-refractivity contribution in [3.05, 3.63) is 24.2 Å². The third kappa shape index (κ3) is 2.19. The molecule has 1 aromatic heterocycles. The molecule has 1 aliphatic heterocycles. The van der Waals surface area contributed by atoms with Gasteiger partial charge in [0.15, 0.2) is 0 Å². The molecule has 5 nitrogen and oxygen atoms in total. The summed E-state index contributed by atoms with van der Waals surface area (Å²) in [5, 5.41) is 8.82. The maximum atomic E-state index is 10.7. The van der Waals surface area contributed by atoms with E-state index in [9.17, 15) is 4.79 Å². The van der Waals surface area contributed by atoms with Crippen LogP contribution in [0.4, 0.5) is 0 Å². The summed E-state index contributed by atoms with van der Waals surface area (Å²) < 4.78 is 5.24. The molecule has 0 amide bonds. The lowest BCUT2D eigenvalue weighted by Gasteiger charge is -2.41. The highest BCUT2D eigenvalue weighted by Gasteiger charge is 2.33. The van der Waals surface area contributed by atoms with Gasteiger partial charge in [0.1, 0.15) is 5.76 Å². The number of nitrogens with zero attached hydrogens (tertiary/aromatic N) is 1. The van der Waals surface area contributed by atoms with Crippen molar-refractivity contribution in [2.75, 3.05) is 13.1 Å². The highest BCUT2D eigenvalue weighted by Crippen LogP contribution is 2.28. The van der Waals surface area contributed by atoms with Crippen LogP contribution in [0.3, 0.4) is 0 Å². The van der Waals surface area contributed by atoms with Gasteiger partial charge in [0.2, 0.25) is 0 Å². The topological polar surface area (TPSA) is 79.7 Å². The monoisotopic (exact) mass is 210 g/mol. The van der Waals surface area contributed by atoms with E-state index in [2.05, 4.69) is 0 Å². The van der Waals surface area contributed by atoms with E-state index in [1.807, 2.05) is 4.90 Å². The first-order chi connectivity index (χ1) is 7.16. The molecule has 0 bridgehead atoms. The van der Waals surface area contributed by atoms with E-state index in [-0.39, 0.29) is 18.5 Å². The van der Waals surface area contributed by atoms with E-state index in [1.54, 1.807) is 18.4 Å². The smallest absolute Gasteiger partial charge is 0.305 e. The summed E-state index contributed by atoms with van der Waals surface area (Å²) in [6.07, 6.45) is 1.62. The largest absolute Gasteiger partial charge is 0.481 e. The first-order valence-corrected chi connectivity index (χ1v) is 4.91. The van der Waals surface area contributed by atoms with Crippen molar-refractivity contribution >= 4 is 5.97 Å². The molecule has 2 heterocycles. The van der Waals surface area contributed by atoms with E-state index in [0.717, 1.165) is 13.1 Å². The zero-order valence-electron chi connectivity index (χ0n) is 8.30. The standard InChI is InChI=1S/C10H14N2O3/c11-7-5-12(6-7)8(4-10(13)14)9-2-1-3-15-9/h1-3,7-8H,4-6,11H2,(H,13,14). The molecule has 2 rings (SSSR count). The molecule has 0 aromatic carbocycles. The maximum Gasteiger partial charge on any atom is 0.305 e. The molecular formula is C10H14N2O3. The Hall–Kier alpha value is -1.33. The Morgan fingerprint density at radius 3 is 2.93 bits per heavy atom. The minimum atomic E-state index is -0.822. The summed E-state index contributed by atoms with van der Waals surface area (Å²) in [7, 11) is 0. The Balaban J connectivity index is 2.07. The number of carbonyl (C=O) groups is 1. The summed E-state index contributed by atoms with van der Waals surface area (Å²) >= 11 is 0. The minimum absolute atomic E-state index is 0.0558. The lowest BCUT2D eigenvalue weighted by Crippen LogP contribution is -2.56. The Morgan fingerprint density at radius 1 is 1.73 bits per heavy atom. The Kier molecular flexibility index (Phi) is 2.75. The lowest BCUT2D eigenvalue weighted by atomic mass is 10.0. The van der Waals surface area contributed by atoms with Crippen LogP contribution >= 0.6 is 0 Å². The Bertz CT molecular complexity index is 330. The highest BCUT2D eigenvalue weighted by molar-refractivity contribution is 5.67. The van der Waals surface area contributed by atoms with Crippen LogP contribution in [0.2, 0.25) is 0 Å². The van der Waals surface area contributed by atoms with Crippen molar-refractivity contribution in [1.82, 2.24) is 4.90 Å². The summed E-state index contributed by atoms with van der Waals surface area (Å²) in [5.74, 6) is -0.124. The lowest BCUT2D eigenvalue weighted by molar-refractivity contribution is -0.139. The molecule has 1 atom stereocenters. The molecule has 0 radical (unpaired) electrons. The van der Waals surface area contributed by atoms with E-state index in [1.165, 1.54) is 0 Å². The molecular weight excluding hydrogens is 196 g/mol. The van der Waals surface area contributed by atoms with Crippen LogP contribution in [0.5, 0.6) is 0 Å². The van der Waals surface area contributed by atoms with Crippen LogP contribution in [-0.2, 0) is 4.79 Å². The van der Waals surface area contributed by atoms with Gasteiger partial charge in [-0.25, -0.2) is 0 Å². The van der Waals surface area contributed by atoms with Gasteiger partial charge in [0.05, 0.1) is 18.7 Å². The number of carboxylic acid groups (broad SMARTS) is 1. The molecule has 1 aromatic rings. The van der Waals surface area contributed by atoms with Gasteiger partial charge in [0.25, 0.3) is 0 Å². The molecule has 1 unspecified atom stereocenters. The number of aliphatic carboxylic acids is 1. The van der Waals surface area contributed by atoms with Crippen LogP contribution in [0.15, 0.2) is 22.8 Å². The zero-order valence-corrected chi connectivity index (χ0v) is 8.30.